The van der Waals surface area contributed by atoms with Gasteiger partial charge >= 0.3 is 6.18 Å². The van der Waals surface area contributed by atoms with E-state index in [9.17, 15) is 13.2 Å². The van der Waals surface area contributed by atoms with Gasteiger partial charge in [-0.2, -0.15) is 13.2 Å². The van der Waals surface area contributed by atoms with Crippen molar-refractivity contribution in [3.63, 3.8) is 0 Å². The molecule has 5 rings (SSSR count). The SMILES string of the molecule is C=Cc1ccc2c(c1)CCc1c-2noc1-c1onc(-c2ccccc2)c1C(F)(F)F. The topological polar surface area (TPSA) is 52.1 Å². The Hall–Kier alpha value is -3.61. The Bertz CT molecular complexity index is 1250. The van der Waals surface area contributed by atoms with Crippen LogP contribution in [0.2, 0.25) is 0 Å². The van der Waals surface area contributed by atoms with Crippen LogP contribution < -0.4 is 0 Å². The van der Waals surface area contributed by atoms with Crippen LogP contribution in [0.4, 0.5) is 13.2 Å². The van der Waals surface area contributed by atoms with Crippen LogP contribution in [-0.2, 0) is 19.0 Å². The molecule has 0 spiro atoms. The van der Waals surface area contributed by atoms with Crippen molar-refractivity contribution in [3.8, 4) is 34.0 Å². The molecule has 0 amide bonds. The normalized spacial score (nSPS) is 13.0. The fourth-order valence-electron chi connectivity index (χ4n) is 3.87. The first kappa shape index (κ1) is 18.4. The summed E-state index contributed by atoms with van der Waals surface area (Å²) in [6.45, 7) is 3.77. The van der Waals surface area contributed by atoms with Gasteiger partial charge in [-0.25, -0.2) is 0 Å². The van der Waals surface area contributed by atoms with Crippen molar-refractivity contribution in [2.24, 2.45) is 0 Å². The number of halogens is 3. The van der Waals surface area contributed by atoms with E-state index in [0.29, 0.717) is 29.7 Å². The van der Waals surface area contributed by atoms with E-state index in [4.69, 9.17) is 9.05 Å². The Morgan fingerprint density at radius 1 is 0.900 bits per heavy atom. The molecule has 30 heavy (non-hydrogen) atoms. The number of fused-ring (bicyclic) bond motifs is 3. The molecule has 2 heterocycles. The minimum Gasteiger partial charge on any atom is -0.352 e. The first-order chi connectivity index (χ1) is 14.5. The molecule has 1 aliphatic carbocycles. The van der Waals surface area contributed by atoms with Gasteiger partial charge in [0.25, 0.3) is 0 Å². The summed E-state index contributed by atoms with van der Waals surface area (Å²) >= 11 is 0. The van der Waals surface area contributed by atoms with Crippen LogP contribution in [0.3, 0.4) is 0 Å². The van der Waals surface area contributed by atoms with Crippen LogP contribution in [-0.4, -0.2) is 10.3 Å². The average molecular weight is 408 g/mol. The largest absolute Gasteiger partial charge is 0.422 e. The summed E-state index contributed by atoms with van der Waals surface area (Å²) in [6.07, 6.45) is -1.79. The van der Waals surface area contributed by atoms with E-state index in [1.807, 2.05) is 18.2 Å². The molecule has 0 saturated carbocycles. The summed E-state index contributed by atoms with van der Waals surface area (Å²) in [5.41, 5.74) is 3.09. The number of alkyl halides is 3. The van der Waals surface area contributed by atoms with Gasteiger partial charge in [0.2, 0.25) is 11.5 Å². The molecule has 0 fully saturated rings. The first-order valence-corrected chi connectivity index (χ1v) is 9.34. The maximum Gasteiger partial charge on any atom is 0.422 e. The Kier molecular flexibility index (Phi) is 4.13. The number of aromatic nitrogens is 2. The van der Waals surface area contributed by atoms with Crippen molar-refractivity contribution in [3.05, 3.63) is 77.4 Å². The summed E-state index contributed by atoms with van der Waals surface area (Å²) in [5.74, 6) is -0.466. The van der Waals surface area contributed by atoms with Gasteiger partial charge in [-0.3, -0.25) is 0 Å². The van der Waals surface area contributed by atoms with Crippen LogP contribution in [0.5, 0.6) is 0 Å². The lowest BCUT2D eigenvalue weighted by Gasteiger charge is -2.15. The number of hydrogen-bond donors (Lipinski definition) is 0. The highest BCUT2D eigenvalue weighted by Gasteiger charge is 2.43. The number of benzene rings is 2. The zero-order chi connectivity index (χ0) is 20.9. The van der Waals surface area contributed by atoms with E-state index >= 15 is 0 Å². The lowest BCUT2D eigenvalue weighted by atomic mass is 9.87. The van der Waals surface area contributed by atoms with E-state index in [0.717, 1.165) is 16.7 Å². The van der Waals surface area contributed by atoms with Crippen LogP contribution in [0.15, 0.2) is 64.2 Å². The highest BCUT2D eigenvalue weighted by molar-refractivity contribution is 5.79. The minimum atomic E-state index is -4.67. The molecule has 2 aromatic heterocycles. The van der Waals surface area contributed by atoms with E-state index in [2.05, 4.69) is 16.9 Å². The molecule has 0 unspecified atom stereocenters. The van der Waals surface area contributed by atoms with Gasteiger partial charge in [0, 0.05) is 16.7 Å². The quantitative estimate of drug-likeness (QED) is 0.392. The molecule has 2 aromatic carbocycles. The van der Waals surface area contributed by atoms with Gasteiger partial charge in [0.1, 0.15) is 17.0 Å². The van der Waals surface area contributed by atoms with Gasteiger partial charge in [-0.15, -0.1) is 0 Å². The highest BCUT2D eigenvalue weighted by atomic mass is 19.4. The molecule has 4 aromatic rings. The van der Waals surface area contributed by atoms with Gasteiger partial charge in [-0.1, -0.05) is 71.5 Å². The fraction of sp³-hybridized carbons (Fsp3) is 0.130. The van der Waals surface area contributed by atoms with Gasteiger partial charge in [0.05, 0.1) is 0 Å². The number of rotatable bonds is 3. The molecule has 0 radical (unpaired) electrons. The zero-order valence-corrected chi connectivity index (χ0v) is 15.7. The third-order valence-electron chi connectivity index (χ3n) is 5.28. The standard InChI is InChI=1S/C23H15F3N2O2/c1-2-13-8-10-16-15(12-13)9-11-17-20(16)28-29-21(17)22-18(23(24,25)26)19(27-30-22)14-6-4-3-5-7-14/h2-8,10,12H,1,9,11H2. The van der Waals surface area contributed by atoms with Gasteiger partial charge < -0.3 is 9.05 Å². The number of nitrogens with zero attached hydrogens (tertiary/aromatic N) is 2. The molecule has 7 heteroatoms. The second-order valence-electron chi connectivity index (χ2n) is 7.06. The van der Waals surface area contributed by atoms with Crippen molar-refractivity contribution in [1.82, 2.24) is 10.3 Å². The maximum atomic E-state index is 14.0. The molecule has 0 bridgehead atoms. The molecule has 0 aliphatic heterocycles. The molecule has 4 nitrogen and oxygen atoms in total. The Morgan fingerprint density at radius 2 is 1.63 bits per heavy atom. The third-order valence-corrected chi connectivity index (χ3v) is 5.28. The van der Waals surface area contributed by atoms with Gasteiger partial charge in [0.15, 0.2) is 0 Å². The molecule has 0 atom stereocenters. The summed E-state index contributed by atoms with van der Waals surface area (Å²) in [7, 11) is 0. The molecular weight excluding hydrogens is 393 g/mol. The number of hydrogen-bond acceptors (Lipinski definition) is 4. The first-order valence-electron chi connectivity index (χ1n) is 9.34. The lowest BCUT2D eigenvalue weighted by molar-refractivity contribution is -0.136. The van der Waals surface area contributed by atoms with Crippen LogP contribution in [0, 0.1) is 0 Å². The smallest absolute Gasteiger partial charge is 0.352 e. The molecular formula is C23H15F3N2O2. The maximum absolute atomic E-state index is 14.0. The van der Waals surface area contributed by atoms with Gasteiger partial charge in [-0.05, 0) is 24.0 Å². The zero-order valence-electron chi connectivity index (χ0n) is 15.7. The summed E-state index contributed by atoms with van der Waals surface area (Å²) in [4.78, 5) is 0. The third kappa shape index (κ3) is 2.85. The second kappa shape index (κ2) is 6.73. The Morgan fingerprint density at radius 3 is 2.37 bits per heavy atom. The van der Waals surface area contributed by atoms with Crippen molar-refractivity contribution < 1.29 is 22.2 Å². The molecule has 0 N–H and O–H groups in total. The predicted molar refractivity (Wildman–Crippen MR) is 105 cm³/mol. The van der Waals surface area contributed by atoms with Crippen molar-refractivity contribution in [2.45, 2.75) is 19.0 Å². The van der Waals surface area contributed by atoms with E-state index < -0.39 is 17.5 Å². The van der Waals surface area contributed by atoms with E-state index in [-0.39, 0.29) is 11.5 Å². The minimum absolute atomic E-state index is 0.0227. The summed E-state index contributed by atoms with van der Waals surface area (Å²) in [5, 5.41) is 7.81. The highest BCUT2D eigenvalue weighted by Crippen LogP contribution is 2.46. The van der Waals surface area contributed by atoms with Crippen molar-refractivity contribution in [1.29, 1.82) is 0 Å². The monoisotopic (exact) mass is 408 g/mol. The Balaban J connectivity index is 1.68. The second-order valence-corrected chi connectivity index (χ2v) is 7.06. The Labute approximate surface area is 169 Å². The van der Waals surface area contributed by atoms with E-state index in [1.165, 1.54) is 0 Å². The molecule has 0 saturated heterocycles. The number of aryl methyl sites for hydroxylation is 1. The summed E-state index contributed by atoms with van der Waals surface area (Å²) in [6, 6.07) is 13.9. The van der Waals surface area contributed by atoms with Crippen molar-refractivity contribution >= 4 is 6.08 Å². The van der Waals surface area contributed by atoms with Crippen molar-refractivity contribution in [2.75, 3.05) is 0 Å². The van der Waals surface area contributed by atoms with Crippen LogP contribution >= 0.6 is 0 Å². The fourth-order valence-corrected chi connectivity index (χ4v) is 3.87. The van der Waals surface area contributed by atoms with Crippen LogP contribution in [0.1, 0.15) is 22.3 Å². The molecule has 150 valence electrons. The predicted octanol–water partition coefficient (Wildman–Crippen LogP) is 6.42. The summed E-state index contributed by atoms with van der Waals surface area (Å²) < 4.78 is 52.6. The van der Waals surface area contributed by atoms with E-state index in [1.54, 1.807) is 36.4 Å². The average Bonchev–Trinajstić information content (AvgIpc) is 3.38. The van der Waals surface area contributed by atoms with Crippen LogP contribution in [0.25, 0.3) is 40.1 Å². The lowest BCUT2D eigenvalue weighted by Crippen LogP contribution is -2.08. The molecule has 1 aliphatic rings.